The number of nitrogens with zero attached hydrogens (tertiary/aromatic N) is 2. The van der Waals surface area contributed by atoms with Gasteiger partial charge in [0.2, 0.25) is 11.8 Å². The normalized spacial score (nSPS) is 23.4. The Morgan fingerprint density at radius 3 is 2.45 bits per heavy atom. The first-order valence-corrected chi connectivity index (χ1v) is 7.77. The van der Waals surface area contributed by atoms with Crippen LogP contribution in [0.4, 0.5) is 13.2 Å². The number of hydrogen-bond donors (Lipinski definition) is 0. The van der Waals surface area contributed by atoms with Crippen LogP contribution in [0.2, 0.25) is 0 Å². The number of carbonyl (C=O) groups is 2. The molecule has 2 saturated heterocycles. The first-order valence-electron chi connectivity index (χ1n) is 6.61. The van der Waals surface area contributed by atoms with Crippen LogP contribution in [-0.2, 0) is 9.59 Å². The number of carbonyl (C=O) groups excluding carboxylic acids is 2. The molecule has 8 heteroatoms. The molecule has 2 amide bonds. The van der Waals surface area contributed by atoms with Gasteiger partial charge in [0.05, 0.1) is 12.3 Å². The van der Waals surface area contributed by atoms with Crippen molar-refractivity contribution in [1.29, 1.82) is 0 Å². The molecule has 0 aromatic heterocycles. The lowest BCUT2D eigenvalue weighted by atomic mass is 10.2. The number of thioether (sulfide) groups is 1. The summed E-state index contributed by atoms with van der Waals surface area (Å²) < 4.78 is 36.5. The van der Waals surface area contributed by atoms with Crippen molar-refractivity contribution in [3.05, 3.63) is 0 Å². The van der Waals surface area contributed by atoms with Crippen LogP contribution in [0.3, 0.4) is 0 Å². The third-order valence-electron chi connectivity index (χ3n) is 3.53. The van der Waals surface area contributed by atoms with E-state index in [2.05, 4.69) is 0 Å². The van der Waals surface area contributed by atoms with Crippen molar-refractivity contribution in [1.82, 2.24) is 9.80 Å². The Labute approximate surface area is 119 Å². The molecular formula is C12H17F3N2O2S. The van der Waals surface area contributed by atoms with E-state index in [4.69, 9.17) is 0 Å². The minimum absolute atomic E-state index is 0.118. The molecule has 0 bridgehead atoms. The van der Waals surface area contributed by atoms with Gasteiger partial charge in [0.1, 0.15) is 6.04 Å². The summed E-state index contributed by atoms with van der Waals surface area (Å²) in [6.45, 7) is 1.37. The maximum Gasteiger partial charge on any atom is 0.389 e. The largest absolute Gasteiger partial charge is 0.389 e. The lowest BCUT2D eigenvalue weighted by Crippen LogP contribution is -2.48. The van der Waals surface area contributed by atoms with E-state index in [0.29, 0.717) is 24.7 Å². The van der Waals surface area contributed by atoms with E-state index < -0.39 is 31.0 Å². The number of amides is 2. The molecule has 0 spiro atoms. The Balaban J connectivity index is 1.92. The Morgan fingerprint density at radius 1 is 1.20 bits per heavy atom. The van der Waals surface area contributed by atoms with Crippen molar-refractivity contribution < 1.29 is 22.8 Å². The molecule has 0 unspecified atom stereocenters. The monoisotopic (exact) mass is 310 g/mol. The van der Waals surface area contributed by atoms with Crippen LogP contribution in [-0.4, -0.2) is 58.6 Å². The van der Waals surface area contributed by atoms with Crippen LogP contribution < -0.4 is 0 Å². The number of rotatable bonds is 3. The van der Waals surface area contributed by atoms with Crippen molar-refractivity contribution in [3.63, 3.8) is 0 Å². The topological polar surface area (TPSA) is 40.6 Å². The van der Waals surface area contributed by atoms with Crippen LogP contribution >= 0.6 is 11.8 Å². The lowest BCUT2D eigenvalue weighted by Gasteiger charge is -2.27. The van der Waals surface area contributed by atoms with Crippen molar-refractivity contribution in [2.75, 3.05) is 24.7 Å². The van der Waals surface area contributed by atoms with E-state index >= 15 is 0 Å². The Kier molecular flexibility index (Phi) is 4.82. The van der Waals surface area contributed by atoms with Gasteiger partial charge in [-0.3, -0.25) is 9.59 Å². The van der Waals surface area contributed by atoms with Crippen LogP contribution in [0.15, 0.2) is 0 Å². The van der Waals surface area contributed by atoms with E-state index in [1.807, 2.05) is 0 Å². The molecule has 0 aliphatic carbocycles. The average molecular weight is 310 g/mol. The average Bonchev–Trinajstić information content (AvgIpc) is 3.04. The predicted octanol–water partition coefficient (Wildman–Crippen LogP) is 1.85. The predicted molar refractivity (Wildman–Crippen MR) is 69.1 cm³/mol. The van der Waals surface area contributed by atoms with Crippen molar-refractivity contribution in [3.8, 4) is 0 Å². The molecule has 0 radical (unpaired) electrons. The maximum atomic E-state index is 12.3. The van der Waals surface area contributed by atoms with Crippen LogP contribution in [0.5, 0.6) is 0 Å². The number of halogens is 3. The molecule has 2 heterocycles. The van der Waals surface area contributed by atoms with E-state index in [1.165, 1.54) is 16.7 Å². The van der Waals surface area contributed by atoms with Gasteiger partial charge in [-0.25, -0.2) is 0 Å². The minimum Gasteiger partial charge on any atom is -0.341 e. The quantitative estimate of drug-likeness (QED) is 0.799. The van der Waals surface area contributed by atoms with Gasteiger partial charge in [0, 0.05) is 25.3 Å². The molecule has 1 atom stereocenters. The van der Waals surface area contributed by atoms with Gasteiger partial charge in [-0.05, 0) is 12.8 Å². The molecule has 2 fully saturated rings. The molecule has 2 aliphatic heterocycles. The van der Waals surface area contributed by atoms with E-state index in [0.717, 1.165) is 12.8 Å². The molecule has 0 aromatic rings. The van der Waals surface area contributed by atoms with Crippen LogP contribution in [0, 0.1) is 0 Å². The van der Waals surface area contributed by atoms with E-state index in [1.54, 1.807) is 4.90 Å². The zero-order chi connectivity index (χ0) is 14.8. The Bertz CT molecular complexity index is 383. The molecular weight excluding hydrogens is 293 g/mol. The summed E-state index contributed by atoms with van der Waals surface area (Å²) in [7, 11) is 0. The summed E-state index contributed by atoms with van der Waals surface area (Å²) in [5.41, 5.74) is 0. The summed E-state index contributed by atoms with van der Waals surface area (Å²) in [5.74, 6) is 0.0892. The highest BCUT2D eigenvalue weighted by atomic mass is 32.2. The summed E-state index contributed by atoms with van der Waals surface area (Å²) in [6.07, 6.45) is -4.14. The molecule has 0 aromatic carbocycles. The fourth-order valence-electron chi connectivity index (χ4n) is 2.43. The van der Waals surface area contributed by atoms with Gasteiger partial charge < -0.3 is 9.80 Å². The SMILES string of the molecule is O=C([C@H]1CSCN1C(=O)CCC(F)(F)F)N1CCCC1. The van der Waals surface area contributed by atoms with Crippen LogP contribution in [0.1, 0.15) is 25.7 Å². The van der Waals surface area contributed by atoms with Gasteiger partial charge in [-0.15, -0.1) is 11.8 Å². The number of hydrogen-bond acceptors (Lipinski definition) is 3. The highest BCUT2D eigenvalue weighted by Crippen LogP contribution is 2.27. The van der Waals surface area contributed by atoms with Crippen LogP contribution in [0.25, 0.3) is 0 Å². The van der Waals surface area contributed by atoms with Gasteiger partial charge in [0.15, 0.2) is 0 Å². The third-order valence-corrected chi connectivity index (χ3v) is 4.54. The summed E-state index contributed by atoms with van der Waals surface area (Å²) in [4.78, 5) is 27.1. The third kappa shape index (κ3) is 3.80. The number of alkyl halides is 3. The molecule has 114 valence electrons. The van der Waals surface area contributed by atoms with E-state index in [9.17, 15) is 22.8 Å². The smallest absolute Gasteiger partial charge is 0.341 e. The molecule has 0 saturated carbocycles. The van der Waals surface area contributed by atoms with Gasteiger partial charge in [0.25, 0.3) is 0 Å². The van der Waals surface area contributed by atoms with Gasteiger partial charge in [-0.2, -0.15) is 13.2 Å². The molecule has 20 heavy (non-hydrogen) atoms. The van der Waals surface area contributed by atoms with Crippen molar-refractivity contribution >= 4 is 23.6 Å². The van der Waals surface area contributed by atoms with Gasteiger partial charge in [-0.1, -0.05) is 0 Å². The summed E-state index contributed by atoms with van der Waals surface area (Å²) in [6, 6.07) is -0.584. The zero-order valence-electron chi connectivity index (χ0n) is 11.0. The first-order chi connectivity index (χ1) is 9.38. The summed E-state index contributed by atoms with van der Waals surface area (Å²) in [5, 5.41) is 0. The second-order valence-corrected chi connectivity index (χ2v) is 6.03. The number of likely N-dealkylation sites (tertiary alicyclic amines) is 1. The molecule has 4 nitrogen and oxygen atoms in total. The van der Waals surface area contributed by atoms with Gasteiger partial charge >= 0.3 is 6.18 Å². The second kappa shape index (κ2) is 6.24. The van der Waals surface area contributed by atoms with Crippen molar-refractivity contribution in [2.24, 2.45) is 0 Å². The fourth-order valence-corrected chi connectivity index (χ4v) is 3.61. The second-order valence-electron chi connectivity index (χ2n) is 5.03. The standard InChI is InChI=1S/C12H17F3N2O2S/c13-12(14,15)4-3-10(18)17-8-20-7-9(17)11(19)16-5-1-2-6-16/h9H,1-8H2/t9-/m1/s1. The zero-order valence-corrected chi connectivity index (χ0v) is 11.8. The highest BCUT2D eigenvalue weighted by molar-refractivity contribution is 7.99. The maximum absolute atomic E-state index is 12.3. The van der Waals surface area contributed by atoms with Crippen molar-refractivity contribution in [2.45, 2.75) is 37.9 Å². The molecule has 2 rings (SSSR count). The Hall–Kier alpha value is -0.920. The molecule has 0 N–H and O–H groups in total. The van der Waals surface area contributed by atoms with E-state index in [-0.39, 0.29) is 5.91 Å². The minimum atomic E-state index is -4.34. The molecule has 2 aliphatic rings. The highest BCUT2D eigenvalue weighted by Gasteiger charge is 2.38. The fraction of sp³-hybridized carbons (Fsp3) is 0.833. The summed E-state index contributed by atoms with van der Waals surface area (Å²) >= 11 is 1.42. The first kappa shape index (κ1) is 15.5. The Morgan fingerprint density at radius 2 is 1.85 bits per heavy atom. The lowest BCUT2D eigenvalue weighted by molar-refractivity contribution is -0.152.